The van der Waals surface area contributed by atoms with E-state index >= 15 is 0 Å². The summed E-state index contributed by atoms with van der Waals surface area (Å²) in [6.07, 6.45) is 3.15. The molecule has 0 heterocycles. The summed E-state index contributed by atoms with van der Waals surface area (Å²) in [5.41, 5.74) is 3.96. The van der Waals surface area contributed by atoms with E-state index in [1.54, 1.807) is 0 Å². The highest BCUT2D eigenvalue weighted by molar-refractivity contribution is 7.89. The lowest BCUT2D eigenvalue weighted by Gasteiger charge is -2.22. The minimum atomic E-state index is -4.01. The smallest absolute Gasteiger partial charge is 0.243 e. The van der Waals surface area contributed by atoms with Crippen LogP contribution >= 0.6 is 23.2 Å². The van der Waals surface area contributed by atoms with Crippen molar-refractivity contribution >= 4 is 44.8 Å². The van der Waals surface area contributed by atoms with Crippen LogP contribution in [0.1, 0.15) is 23.1 Å². The fourth-order valence-corrected chi connectivity index (χ4v) is 5.58. The molecule has 0 fully saturated rings. The van der Waals surface area contributed by atoms with Crippen LogP contribution in [0.4, 0.5) is 5.69 Å². The second kappa shape index (κ2) is 9.63. The molecule has 0 aromatic heterocycles. The number of nitrogens with zero attached hydrogens (tertiary/aromatic N) is 1. The normalized spacial score (nSPS) is 13.2. The predicted octanol–water partition coefficient (Wildman–Crippen LogP) is 5.31. The maximum atomic E-state index is 13.4. The zero-order valence-corrected chi connectivity index (χ0v) is 19.6. The Labute approximate surface area is 198 Å². The molecule has 0 radical (unpaired) electrons. The molecule has 32 heavy (non-hydrogen) atoms. The van der Waals surface area contributed by atoms with E-state index in [4.69, 9.17) is 23.2 Å². The summed E-state index contributed by atoms with van der Waals surface area (Å²) in [5, 5.41) is 3.23. The highest BCUT2D eigenvalue weighted by atomic mass is 35.5. The number of hydrogen-bond donors (Lipinski definition) is 1. The standard InChI is InChI=1S/C24H22Cl2N2O3S/c25-22-12-11-21(14-23(22)26)32(30,31)28(15-17-5-2-1-3-6-17)16-24(29)27-20-10-9-18-7-4-8-19(18)13-20/h1-3,5-6,9-14H,4,7-8,15-16H2,(H,27,29). The lowest BCUT2D eigenvalue weighted by molar-refractivity contribution is -0.116. The van der Waals surface area contributed by atoms with Crippen molar-refractivity contribution in [2.24, 2.45) is 0 Å². The molecular formula is C24H22Cl2N2O3S. The van der Waals surface area contributed by atoms with Crippen LogP contribution in [0.3, 0.4) is 0 Å². The minimum absolute atomic E-state index is 0.0202. The van der Waals surface area contributed by atoms with Crippen molar-refractivity contribution in [3.8, 4) is 0 Å². The summed E-state index contributed by atoms with van der Waals surface area (Å²) in [6.45, 7) is -0.296. The van der Waals surface area contributed by atoms with Gasteiger partial charge in [-0.1, -0.05) is 59.6 Å². The zero-order chi connectivity index (χ0) is 22.7. The second-order valence-electron chi connectivity index (χ2n) is 7.72. The average Bonchev–Trinajstić information content (AvgIpc) is 3.23. The van der Waals surface area contributed by atoms with Gasteiger partial charge in [0.05, 0.1) is 21.5 Å². The Hall–Kier alpha value is -2.38. The molecule has 0 aliphatic heterocycles. The molecule has 0 bridgehead atoms. The molecule has 1 N–H and O–H groups in total. The Kier molecular flexibility index (Phi) is 6.86. The number of anilines is 1. The number of halogens is 2. The molecule has 3 aromatic rings. The lowest BCUT2D eigenvalue weighted by Crippen LogP contribution is -2.37. The molecule has 0 atom stereocenters. The average molecular weight is 489 g/mol. The van der Waals surface area contributed by atoms with E-state index in [1.807, 2.05) is 48.5 Å². The van der Waals surface area contributed by atoms with E-state index in [0.29, 0.717) is 5.69 Å². The molecule has 1 aliphatic rings. The van der Waals surface area contributed by atoms with Crippen LogP contribution in [0.15, 0.2) is 71.6 Å². The lowest BCUT2D eigenvalue weighted by atomic mass is 10.1. The molecule has 0 spiro atoms. The van der Waals surface area contributed by atoms with E-state index < -0.39 is 15.9 Å². The molecule has 0 unspecified atom stereocenters. The van der Waals surface area contributed by atoms with Crippen molar-refractivity contribution in [3.05, 3.63) is 93.5 Å². The predicted molar refractivity (Wildman–Crippen MR) is 128 cm³/mol. The minimum Gasteiger partial charge on any atom is -0.325 e. The van der Waals surface area contributed by atoms with E-state index in [9.17, 15) is 13.2 Å². The van der Waals surface area contributed by atoms with Crippen molar-refractivity contribution in [1.82, 2.24) is 4.31 Å². The second-order valence-corrected chi connectivity index (χ2v) is 10.5. The fraction of sp³-hybridized carbons (Fsp3) is 0.208. The summed E-state index contributed by atoms with van der Waals surface area (Å²) in [7, 11) is -4.01. The first-order valence-corrected chi connectivity index (χ1v) is 12.4. The first-order chi connectivity index (χ1) is 15.3. The number of amides is 1. The van der Waals surface area contributed by atoms with Gasteiger partial charge in [0.15, 0.2) is 0 Å². The van der Waals surface area contributed by atoms with Gasteiger partial charge in [0.1, 0.15) is 0 Å². The maximum absolute atomic E-state index is 13.4. The maximum Gasteiger partial charge on any atom is 0.243 e. The van der Waals surface area contributed by atoms with Crippen molar-refractivity contribution in [3.63, 3.8) is 0 Å². The van der Waals surface area contributed by atoms with Crippen LogP contribution in [-0.4, -0.2) is 25.2 Å². The van der Waals surface area contributed by atoms with Gasteiger partial charge in [0, 0.05) is 12.2 Å². The Morgan fingerprint density at radius 2 is 1.66 bits per heavy atom. The molecule has 0 saturated heterocycles. The molecule has 1 amide bonds. The number of aryl methyl sites for hydroxylation is 2. The molecule has 166 valence electrons. The van der Waals surface area contributed by atoms with Crippen molar-refractivity contribution in [1.29, 1.82) is 0 Å². The third kappa shape index (κ3) is 5.15. The first-order valence-electron chi connectivity index (χ1n) is 10.2. The number of rotatable bonds is 7. The Balaban J connectivity index is 1.58. The molecule has 8 heteroatoms. The fourth-order valence-electron chi connectivity index (χ4n) is 3.81. The number of fused-ring (bicyclic) bond motifs is 1. The molecular weight excluding hydrogens is 467 g/mol. The van der Waals surface area contributed by atoms with Crippen molar-refractivity contribution < 1.29 is 13.2 Å². The number of benzene rings is 3. The molecule has 4 rings (SSSR count). The number of carbonyl (C=O) groups excluding carboxylic acids is 1. The topological polar surface area (TPSA) is 66.5 Å². The largest absolute Gasteiger partial charge is 0.325 e. The quantitative estimate of drug-likeness (QED) is 0.489. The van der Waals surface area contributed by atoms with Gasteiger partial charge in [-0.05, 0) is 66.3 Å². The third-order valence-corrected chi connectivity index (χ3v) is 7.96. The van der Waals surface area contributed by atoms with Gasteiger partial charge >= 0.3 is 0 Å². The summed E-state index contributed by atoms with van der Waals surface area (Å²) >= 11 is 12.0. The van der Waals surface area contributed by atoms with Crippen molar-refractivity contribution in [2.45, 2.75) is 30.7 Å². The SMILES string of the molecule is O=C(CN(Cc1ccccc1)S(=O)(=O)c1ccc(Cl)c(Cl)c1)Nc1ccc2c(c1)CCC2. The molecule has 5 nitrogen and oxygen atoms in total. The van der Waals surface area contributed by atoms with Gasteiger partial charge in [0.25, 0.3) is 0 Å². The molecule has 3 aromatic carbocycles. The van der Waals surface area contributed by atoms with E-state index in [2.05, 4.69) is 5.32 Å². The highest BCUT2D eigenvalue weighted by Crippen LogP contribution is 2.28. The molecule has 0 saturated carbocycles. The van der Waals surface area contributed by atoms with Gasteiger partial charge in [0.2, 0.25) is 15.9 Å². The Morgan fingerprint density at radius 3 is 2.41 bits per heavy atom. The first kappa shape index (κ1) is 22.8. The Morgan fingerprint density at radius 1 is 0.906 bits per heavy atom. The van der Waals surface area contributed by atoms with Crippen LogP contribution in [0.5, 0.6) is 0 Å². The van der Waals surface area contributed by atoms with Gasteiger partial charge in [-0.15, -0.1) is 0 Å². The summed E-state index contributed by atoms with van der Waals surface area (Å²) in [5.74, 6) is -0.414. The third-order valence-electron chi connectivity index (χ3n) is 5.43. The van der Waals surface area contributed by atoms with Crippen molar-refractivity contribution in [2.75, 3.05) is 11.9 Å². The molecule has 1 aliphatic carbocycles. The van der Waals surface area contributed by atoms with Crippen LogP contribution in [0.2, 0.25) is 10.0 Å². The summed E-state index contributed by atoms with van der Waals surface area (Å²) < 4.78 is 27.9. The number of carbonyl (C=O) groups is 1. The summed E-state index contributed by atoms with van der Waals surface area (Å²) in [6, 6.07) is 19.1. The monoisotopic (exact) mass is 488 g/mol. The van der Waals surface area contributed by atoms with Gasteiger partial charge in [-0.2, -0.15) is 4.31 Å². The van der Waals surface area contributed by atoms with E-state index in [-0.39, 0.29) is 28.0 Å². The van der Waals surface area contributed by atoms with Gasteiger partial charge in [-0.25, -0.2) is 8.42 Å². The number of hydrogen-bond acceptors (Lipinski definition) is 3. The van der Waals surface area contributed by atoms with Gasteiger partial charge in [-0.3, -0.25) is 4.79 Å². The number of sulfonamides is 1. The zero-order valence-electron chi connectivity index (χ0n) is 17.2. The number of nitrogens with one attached hydrogen (secondary N) is 1. The van der Waals surface area contributed by atoms with Crippen LogP contribution < -0.4 is 5.32 Å². The Bertz CT molecular complexity index is 1250. The van der Waals surface area contributed by atoms with Gasteiger partial charge < -0.3 is 5.32 Å². The summed E-state index contributed by atoms with van der Waals surface area (Å²) in [4.78, 5) is 12.8. The van der Waals surface area contributed by atoms with E-state index in [1.165, 1.54) is 29.3 Å². The van der Waals surface area contributed by atoms with Crippen LogP contribution in [0.25, 0.3) is 0 Å². The van der Waals surface area contributed by atoms with E-state index in [0.717, 1.165) is 29.1 Å². The highest BCUT2D eigenvalue weighted by Gasteiger charge is 2.28. The van der Waals surface area contributed by atoms with Crippen LogP contribution in [-0.2, 0) is 34.2 Å². The van der Waals surface area contributed by atoms with Crippen LogP contribution in [0, 0.1) is 0 Å².